The number of hydrogen-bond acceptors (Lipinski definition) is 1. The van der Waals surface area contributed by atoms with Crippen LogP contribution < -0.4 is 0 Å². The molecule has 1 rings (SSSR count). The van der Waals surface area contributed by atoms with Crippen LogP contribution in [0.1, 0.15) is 5.56 Å². The molecule has 1 aromatic carbocycles. The van der Waals surface area contributed by atoms with Gasteiger partial charge in [-0.05, 0) is 24.6 Å². The molecule has 0 aliphatic rings. The molecule has 11 heavy (non-hydrogen) atoms. The third-order valence-corrected chi connectivity index (χ3v) is 1.01. The van der Waals surface area contributed by atoms with E-state index in [1.807, 2.05) is 6.79 Å². The number of carbonyl (C=O) groups excluding carboxylic acids is 1. The van der Waals surface area contributed by atoms with E-state index in [0.717, 1.165) is 6.07 Å². The van der Waals surface area contributed by atoms with Crippen molar-refractivity contribution in [3.05, 3.63) is 35.4 Å². The zero-order valence-electron chi connectivity index (χ0n) is 6.10. The van der Waals surface area contributed by atoms with Crippen molar-refractivity contribution in [2.24, 2.45) is 0 Å². The summed E-state index contributed by atoms with van der Waals surface area (Å²) in [5.74, 6) is -1.04. The molecule has 3 heteroatoms. The molecular formula is C8H8F2O. The van der Waals surface area contributed by atoms with Gasteiger partial charge in [-0.2, -0.15) is 0 Å². The van der Waals surface area contributed by atoms with Gasteiger partial charge in [-0.15, -0.1) is 0 Å². The van der Waals surface area contributed by atoms with Crippen LogP contribution in [0.5, 0.6) is 0 Å². The van der Waals surface area contributed by atoms with Gasteiger partial charge in [0, 0.05) is 6.07 Å². The first-order valence-electron chi connectivity index (χ1n) is 2.90. The highest BCUT2D eigenvalue weighted by molar-refractivity contribution is 5.15. The summed E-state index contributed by atoms with van der Waals surface area (Å²) in [5, 5.41) is 0. The summed E-state index contributed by atoms with van der Waals surface area (Å²) in [6.45, 7) is 3.64. The highest BCUT2D eigenvalue weighted by Crippen LogP contribution is 2.05. The monoisotopic (exact) mass is 158 g/mol. The molecule has 0 spiro atoms. The number of halogens is 2. The first kappa shape index (κ1) is 9.75. The smallest absolute Gasteiger partial charge is 0.126 e. The first-order valence-corrected chi connectivity index (χ1v) is 2.90. The SMILES string of the molecule is C=O.Cc1cc(F)cc(F)c1. The van der Waals surface area contributed by atoms with E-state index >= 15 is 0 Å². The van der Waals surface area contributed by atoms with Gasteiger partial charge in [0.2, 0.25) is 0 Å². The second-order valence-corrected chi connectivity index (χ2v) is 1.95. The minimum Gasteiger partial charge on any atom is -0.307 e. The summed E-state index contributed by atoms with van der Waals surface area (Å²) in [5.41, 5.74) is 0.604. The van der Waals surface area contributed by atoms with Crippen molar-refractivity contribution in [2.75, 3.05) is 0 Å². The number of benzene rings is 1. The highest BCUT2D eigenvalue weighted by Gasteiger charge is 1.93. The molecule has 0 radical (unpaired) electrons. The molecule has 0 fully saturated rings. The Morgan fingerprint density at radius 3 is 1.73 bits per heavy atom. The third kappa shape index (κ3) is 3.45. The standard InChI is InChI=1S/C7H6F2.CH2O/c1-5-2-6(8)4-7(9)3-5;1-2/h2-4H,1H3;1H2. The maximum atomic E-state index is 12.2. The van der Waals surface area contributed by atoms with Gasteiger partial charge in [-0.3, -0.25) is 0 Å². The summed E-state index contributed by atoms with van der Waals surface area (Å²) >= 11 is 0. The van der Waals surface area contributed by atoms with Crippen molar-refractivity contribution >= 4 is 6.79 Å². The Kier molecular flexibility index (Phi) is 4.03. The van der Waals surface area contributed by atoms with E-state index in [1.54, 1.807) is 6.92 Å². The summed E-state index contributed by atoms with van der Waals surface area (Å²) < 4.78 is 24.4. The first-order chi connectivity index (χ1) is 5.18. The topological polar surface area (TPSA) is 17.1 Å². The molecule has 60 valence electrons. The Hall–Kier alpha value is -1.25. The van der Waals surface area contributed by atoms with Crippen LogP contribution in [0.25, 0.3) is 0 Å². The predicted octanol–water partition coefficient (Wildman–Crippen LogP) is 2.09. The predicted molar refractivity (Wildman–Crippen MR) is 38.2 cm³/mol. The number of rotatable bonds is 0. The molecule has 0 atom stereocenters. The molecule has 0 aliphatic carbocycles. The van der Waals surface area contributed by atoms with E-state index in [0.29, 0.717) is 5.56 Å². The minimum atomic E-state index is -0.521. The van der Waals surface area contributed by atoms with Crippen molar-refractivity contribution in [2.45, 2.75) is 6.92 Å². The zero-order chi connectivity index (χ0) is 8.85. The summed E-state index contributed by atoms with van der Waals surface area (Å²) in [6, 6.07) is 3.42. The molecule has 0 saturated heterocycles. The number of carbonyl (C=O) groups is 1. The lowest BCUT2D eigenvalue weighted by atomic mass is 10.2. The van der Waals surface area contributed by atoms with Crippen LogP contribution in [-0.2, 0) is 4.79 Å². The van der Waals surface area contributed by atoms with E-state index in [4.69, 9.17) is 4.79 Å². The molecule has 0 aliphatic heterocycles. The van der Waals surface area contributed by atoms with Gasteiger partial charge in [0.15, 0.2) is 0 Å². The van der Waals surface area contributed by atoms with Gasteiger partial charge in [-0.1, -0.05) is 0 Å². The third-order valence-electron chi connectivity index (χ3n) is 1.01. The molecule has 0 amide bonds. The molecule has 0 bridgehead atoms. The van der Waals surface area contributed by atoms with E-state index in [1.165, 1.54) is 12.1 Å². The van der Waals surface area contributed by atoms with Crippen LogP contribution in [0.15, 0.2) is 18.2 Å². The van der Waals surface area contributed by atoms with E-state index in [2.05, 4.69) is 0 Å². The van der Waals surface area contributed by atoms with Crippen LogP contribution in [0.4, 0.5) is 8.78 Å². The van der Waals surface area contributed by atoms with E-state index < -0.39 is 11.6 Å². The molecular weight excluding hydrogens is 150 g/mol. The number of aryl methyl sites for hydroxylation is 1. The fourth-order valence-electron chi connectivity index (χ4n) is 0.692. The van der Waals surface area contributed by atoms with Gasteiger partial charge < -0.3 is 4.79 Å². The van der Waals surface area contributed by atoms with Crippen molar-refractivity contribution in [1.29, 1.82) is 0 Å². The Balaban J connectivity index is 0.000000461. The lowest BCUT2D eigenvalue weighted by molar-refractivity contribution is -0.0979. The fourth-order valence-corrected chi connectivity index (χ4v) is 0.692. The number of hydrogen-bond donors (Lipinski definition) is 0. The maximum absolute atomic E-state index is 12.2. The van der Waals surface area contributed by atoms with Crippen LogP contribution >= 0.6 is 0 Å². The maximum Gasteiger partial charge on any atom is 0.126 e. The molecule has 1 aromatic rings. The lowest BCUT2D eigenvalue weighted by Crippen LogP contribution is -1.80. The second-order valence-electron chi connectivity index (χ2n) is 1.95. The molecule has 0 N–H and O–H groups in total. The Morgan fingerprint density at radius 2 is 1.45 bits per heavy atom. The van der Waals surface area contributed by atoms with Crippen LogP contribution in [0.2, 0.25) is 0 Å². The van der Waals surface area contributed by atoms with Crippen molar-refractivity contribution in [1.82, 2.24) is 0 Å². The second kappa shape index (κ2) is 4.55. The van der Waals surface area contributed by atoms with Gasteiger partial charge in [-0.25, -0.2) is 8.78 Å². The Bertz CT molecular complexity index is 185. The fraction of sp³-hybridized carbons (Fsp3) is 0.125. The van der Waals surface area contributed by atoms with E-state index in [9.17, 15) is 8.78 Å². The van der Waals surface area contributed by atoms with Gasteiger partial charge >= 0.3 is 0 Å². The Morgan fingerprint density at radius 1 is 1.09 bits per heavy atom. The average Bonchev–Trinajstić information content (AvgIpc) is 1.88. The summed E-state index contributed by atoms with van der Waals surface area (Å²) in [7, 11) is 0. The van der Waals surface area contributed by atoms with Crippen LogP contribution in [-0.4, -0.2) is 6.79 Å². The van der Waals surface area contributed by atoms with Crippen molar-refractivity contribution in [3.63, 3.8) is 0 Å². The van der Waals surface area contributed by atoms with Crippen LogP contribution in [0.3, 0.4) is 0 Å². The summed E-state index contributed by atoms with van der Waals surface area (Å²) in [4.78, 5) is 8.00. The lowest BCUT2D eigenvalue weighted by Gasteiger charge is -1.91. The molecule has 0 aromatic heterocycles. The highest BCUT2D eigenvalue weighted by atomic mass is 19.1. The molecule has 1 nitrogen and oxygen atoms in total. The average molecular weight is 158 g/mol. The minimum absolute atomic E-state index is 0.521. The van der Waals surface area contributed by atoms with Gasteiger partial charge in [0.1, 0.15) is 18.4 Å². The zero-order valence-corrected chi connectivity index (χ0v) is 6.10. The Labute approximate surface area is 63.7 Å². The quantitative estimate of drug-likeness (QED) is 0.565. The summed E-state index contributed by atoms with van der Waals surface area (Å²) in [6.07, 6.45) is 0. The molecule has 0 saturated carbocycles. The van der Waals surface area contributed by atoms with Gasteiger partial charge in [0.25, 0.3) is 0 Å². The van der Waals surface area contributed by atoms with E-state index in [-0.39, 0.29) is 0 Å². The van der Waals surface area contributed by atoms with Crippen molar-refractivity contribution < 1.29 is 13.6 Å². The van der Waals surface area contributed by atoms with Crippen molar-refractivity contribution in [3.8, 4) is 0 Å². The molecule has 0 heterocycles. The largest absolute Gasteiger partial charge is 0.307 e. The molecule has 0 unspecified atom stereocenters. The van der Waals surface area contributed by atoms with Gasteiger partial charge in [0.05, 0.1) is 0 Å². The van der Waals surface area contributed by atoms with Crippen LogP contribution in [0, 0.1) is 18.6 Å². The normalized spacial score (nSPS) is 8.27.